The van der Waals surface area contributed by atoms with Gasteiger partial charge in [-0.1, -0.05) is 23.2 Å². The Labute approximate surface area is 152 Å². The van der Waals surface area contributed by atoms with E-state index in [1.54, 1.807) is 9.80 Å². The standard InChI is InChI=1S/C16H14Cl2FN3O3/c17-12-9(19)1-2-10-11(12)13(18)14(20-10)15(23)21-4-5-22-8(7-21)3-6-25-16(22)24/h1-2,8,20H,3-7H2. The number of cyclic esters (lactones) is 1. The number of nitrogens with zero attached hydrogens (tertiary/aromatic N) is 2. The molecule has 9 heteroatoms. The fourth-order valence-electron chi connectivity index (χ4n) is 3.38. The lowest BCUT2D eigenvalue weighted by Gasteiger charge is -2.43. The SMILES string of the molecule is O=C(c1[nH]c2ccc(F)c(Cl)c2c1Cl)N1CCN2C(=O)OCCC2C1. The number of hydrogen-bond acceptors (Lipinski definition) is 3. The molecule has 0 spiro atoms. The molecule has 2 aromatic rings. The molecule has 0 aliphatic carbocycles. The molecule has 0 radical (unpaired) electrons. The maximum Gasteiger partial charge on any atom is 0.410 e. The number of amides is 2. The Balaban J connectivity index is 1.63. The van der Waals surface area contributed by atoms with Gasteiger partial charge in [0.15, 0.2) is 0 Å². The summed E-state index contributed by atoms with van der Waals surface area (Å²) in [5.41, 5.74) is 0.677. The quantitative estimate of drug-likeness (QED) is 0.818. The summed E-state index contributed by atoms with van der Waals surface area (Å²) in [4.78, 5) is 30.8. The monoisotopic (exact) mass is 385 g/mol. The van der Waals surface area contributed by atoms with E-state index in [9.17, 15) is 14.0 Å². The maximum absolute atomic E-state index is 13.7. The number of carbonyl (C=O) groups excluding carboxylic acids is 2. The minimum atomic E-state index is -0.594. The topological polar surface area (TPSA) is 65.6 Å². The first-order chi connectivity index (χ1) is 12.0. The molecule has 2 aliphatic rings. The van der Waals surface area contributed by atoms with Crippen LogP contribution >= 0.6 is 23.2 Å². The fourth-order valence-corrected chi connectivity index (χ4v) is 4.01. The van der Waals surface area contributed by atoms with E-state index >= 15 is 0 Å². The molecular weight excluding hydrogens is 372 g/mol. The highest BCUT2D eigenvalue weighted by atomic mass is 35.5. The van der Waals surface area contributed by atoms with Crippen molar-refractivity contribution in [2.24, 2.45) is 0 Å². The third kappa shape index (κ3) is 2.62. The zero-order chi connectivity index (χ0) is 17.7. The first-order valence-electron chi connectivity index (χ1n) is 7.85. The Morgan fingerprint density at radius 1 is 1.28 bits per heavy atom. The predicted molar refractivity (Wildman–Crippen MR) is 90.6 cm³/mol. The van der Waals surface area contributed by atoms with Gasteiger partial charge in [0.05, 0.1) is 22.7 Å². The average Bonchev–Trinajstić information content (AvgIpc) is 2.95. The number of aromatic nitrogens is 1. The Morgan fingerprint density at radius 3 is 2.88 bits per heavy atom. The Bertz CT molecular complexity index is 885. The summed E-state index contributed by atoms with van der Waals surface area (Å²) in [5, 5.41) is 0.291. The van der Waals surface area contributed by atoms with Crippen LogP contribution in [-0.2, 0) is 4.74 Å². The van der Waals surface area contributed by atoms with Crippen LogP contribution in [0.15, 0.2) is 12.1 Å². The van der Waals surface area contributed by atoms with E-state index in [1.807, 2.05) is 0 Å². The second-order valence-electron chi connectivity index (χ2n) is 6.10. The molecule has 2 fully saturated rings. The highest BCUT2D eigenvalue weighted by molar-refractivity contribution is 6.44. The first kappa shape index (κ1) is 16.5. The molecule has 1 unspecified atom stereocenters. The van der Waals surface area contributed by atoms with Gasteiger partial charge in [0.25, 0.3) is 5.91 Å². The zero-order valence-electron chi connectivity index (χ0n) is 13.0. The number of nitrogens with one attached hydrogen (secondary N) is 1. The molecule has 1 N–H and O–H groups in total. The van der Waals surface area contributed by atoms with Gasteiger partial charge in [0.2, 0.25) is 0 Å². The van der Waals surface area contributed by atoms with Gasteiger partial charge in [-0.05, 0) is 12.1 Å². The molecule has 2 aliphatic heterocycles. The molecule has 1 atom stereocenters. The molecule has 6 nitrogen and oxygen atoms in total. The van der Waals surface area contributed by atoms with E-state index in [0.29, 0.717) is 43.6 Å². The molecule has 132 valence electrons. The Hall–Kier alpha value is -1.99. The van der Waals surface area contributed by atoms with Crippen molar-refractivity contribution in [3.63, 3.8) is 0 Å². The summed E-state index contributed by atoms with van der Waals surface area (Å²) in [6.45, 7) is 1.53. The van der Waals surface area contributed by atoms with Gasteiger partial charge in [-0.2, -0.15) is 0 Å². The Kier molecular flexibility index (Phi) is 4.00. The van der Waals surface area contributed by atoms with E-state index in [1.165, 1.54) is 12.1 Å². The van der Waals surface area contributed by atoms with Crippen molar-refractivity contribution in [2.75, 3.05) is 26.2 Å². The average molecular weight is 386 g/mol. The van der Waals surface area contributed by atoms with Crippen LogP contribution in [-0.4, -0.2) is 59.1 Å². The number of benzene rings is 1. The van der Waals surface area contributed by atoms with E-state index in [0.717, 1.165) is 0 Å². The summed E-state index contributed by atoms with van der Waals surface area (Å²) < 4.78 is 18.7. The van der Waals surface area contributed by atoms with Crippen LogP contribution in [0, 0.1) is 5.82 Å². The molecule has 0 saturated carbocycles. The fraction of sp³-hybridized carbons (Fsp3) is 0.375. The van der Waals surface area contributed by atoms with Crippen LogP contribution in [0.4, 0.5) is 9.18 Å². The molecule has 25 heavy (non-hydrogen) atoms. The number of halogens is 3. The van der Waals surface area contributed by atoms with Gasteiger partial charge in [0, 0.05) is 37.0 Å². The highest BCUT2D eigenvalue weighted by Gasteiger charge is 2.37. The third-order valence-corrected chi connectivity index (χ3v) is 5.44. The lowest BCUT2D eigenvalue weighted by molar-refractivity contribution is 0.00689. The highest BCUT2D eigenvalue weighted by Crippen LogP contribution is 2.35. The van der Waals surface area contributed by atoms with Crippen LogP contribution in [0.25, 0.3) is 10.9 Å². The zero-order valence-corrected chi connectivity index (χ0v) is 14.5. The first-order valence-corrected chi connectivity index (χ1v) is 8.61. The van der Waals surface area contributed by atoms with Crippen LogP contribution in [0.5, 0.6) is 0 Å². The minimum Gasteiger partial charge on any atom is -0.449 e. The number of ether oxygens (including phenoxy) is 1. The normalized spacial score (nSPS) is 20.6. The number of rotatable bonds is 1. The van der Waals surface area contributed by atoms with Crippen molar-refractivity contribution in [3.05, 3.63) is 33.7 Å². The van der Waals surface area contributed by atoms with Gasteiger partial charge in [-0.15, -0.1) is 0 Å². The van der Waals surface area contributed by atoms with Crippen LogP contribution in [0.1, 0.15) is 16.9 Å². The van der Waals surface area contributed by atoms with Crippen molar-refractivity contribution < 1.29 is 18.7 Å². The van der Waals surface area contributed by atoms with Crippen LogP contribution < -0.4 is 0 Å². The number of H-pyrrole nitrogens is 1. The van der Waals surface area contributed by atoms with Crippen molar-refractivity contribution in [1.82, 2.24) is 14.8 Å². The number of piperazine rings is 1. The van der Waals surface area contributed by atoms with Crippen molar-refractivity contribution in [1.29, 1.82) is 0 Å². The van der Waals surface area contributed by atoms with Gasteiger partial charge >= 0.3 is 6.09 Å². The van der Waals surface area contributed by atoms with Gasteiger partial charge in [-0.25, -0.2) is 9.18 Å². The second kappa shape index (κ2) is 6.07. The van der Waals surface area contributed by atoms with E-state index < -0.39 is 5.82 Å². The number of fused-ring (bicyclic) bond motifs is 2. The van der Waals surface area contributed by atoms with Crippen molar-refractivity contribution >= 4 is 46.1 Å². The number of hydrogen-bond donors (Lipinski definition) is 1. The van der Waals surface area contributed by atoms with Crippen molar-refractivity contribution in [2.45, 2.75) is 12.5 Å². The molecule has 3 heterocycles. The molecule has 2 saturated heterocycles. The molecule has 1 aromatic carbocycles. The number of carbonyl (C=O) groups is 2. The van der Waals surface area contributed by atoms with Crippen molar-refractivity contribution in [3.8, 4) is 0 Å². The van der Waals surface area contributed by atoms with E-state index in [-0.39, 0.29) is 33.8 Å². The Morgan fingerprint density at radius 2 is 2.08 bits per heavy atom. The van der Waals surface area contributed by atoms with Gasteiger partial charge in [-0.3, -0.25) is 4.79 Å². The molecule has 4 rings (SSSR count). The van der Waals surface area contributed by atoms with Gasteiger partial charge < -0.3 is 19.5 Å². The summed E-state index contributed by atoms with van der Waals surface area (Å²) in [6.07, 6.45) is 0.335. The lowest BCUT2D eigenvalue weighted by atomic mass is 10.1. The number of aromatic amines is 1. The molecule has 2 amide bonds. The smallest absolute Gasteiger partial charge is 0.410 e. The summed E-state index contributed by atoms with van der Waals surface area (Å²) in [6, 6.07) is 2.65. The van der Waals surface area contributed by atoms with Crippen LogP contribution in [0.3, 0.4) is 0 Å². The second-order valence-corrected chi connectivity index (χ2v) is 6.86. The summed E-state index contributed by atoms with van der Waals surface area (Å²) in [5.74, 6) is -0.889. The van der Waals surface area contributed by atoms with E-state index in [4.69, 9.17) is 27.9 Å². The van der Waals surface area contributed by atoms with Crippen LogP contribution in [0.2, 0.25) is 10.0 Å². The molecule has 0 bridgehead atoms. The minimum absolute atomic E-state index is 0.0665. The predicted octanol–water partition coefficient (Wildman–Crippen LogP) is 3.28. The molecule has 1 aromatic heterocycles. The van der Waals surface area contributed by atoms with Gasteiger partial charge in [0.1, 0.15) is 11.5 Å². The summed E-state index contributed by atoms with van der Waals surface area (Å²) >= 11 is 12.3. The largest absolute Gasteiger partial charge is 0.449 e. The lowest BCUT2D eigenvalue weighted by Crippen LogP contribution is -2.59. The third-order valence-electron chi connectivity index (χ3n) is 4.69. The maximum atomic E-state index is 13.7. The summed E-state index contributed by atoms with van der Waals surface area (Å²) in [7, 11) is 0. The molecular formula is C16H14Cl2FN3O3. The van der Waals surface area contributed by atoms with E-state index in [2.05, 4.69) is 4.98 Å².